The topological polar surface area (TPSA) is 103 Å². The van der Waals surface area contributed by atoms with Gasteiger partial charge in [-0.05, 0) is 39.8 Å². The van der Waals surface area contributed by atoms with Crippen LogP contribution in [0.15, 0.2) is 35.1 Å². The summed E-state index contributed by atoms with van der Waals surface area (Å²) < 4.78 is 26.2. The van der Waals surface area contributed by atoms with Crippen LogP contribution in [0.25, 0.3) is 5.69 Å². The van der Waals surface area contributed by atoms with Crippen molar-refractivity contribution >= 4 is 12.0 Å². The number of rotatable bonds is 4. The van der Waals surface area contributed by atoms with Gasteiger partial charge in [0.05, 0.1) is 18.7 Å². The molecule has 1 aromatic carbocycles. The summed E-state index contributed by atoms with van der Waals surface area (Å²) >= 11 is 0. The molecule has 2 atom stereocenters. The highest BCUT2D eigenvalue weighted by atomic mass is 19.1. The molecule has 3 rings (SSSR count). The summed E-state index contributed by atoms with van der Waals surface area (Å²) in [5.41, 5.74) is -1.15. The van der Waals surface area contributed by atoms with E-state index in [1.54, 1.807) is 33.8 Å². The van der Waals surface area contributed by atoms with Gasteiger partial charge in [-0.1, -0.05) is 12.1 Å². The van der Waals surface area contributed by atoms with E-state index in [0.717, 1.165) is 0 Å². The normalized spacial score (nSPS) is 18.5. The van der Waals surface area contributed by atoms with E-state index in [1.807, 2.05) is 0 Å². The summed E-state index contributed by atoms with van der Waals surface area (Å²) in [6.45, 7) is 7.25. The summed E-state index contributed by atoms with van der Waals surface area (Å²) in [6.07, 6.45) is -1.02. The number of likely N-dealkylation sites (tertiary alicyclic amines) is 1. The molecule has 10 heteroatoms. The molecule has 1 aliphatic heterocycles. The van der Waals surface area contributed by atoms with E-state index in [0.29, 0.717) is 5.69 Å². The van der Waals surface area contributed by atoms with Gasteiger partial charge >= 0.3 is 6.09 Å². The van der Waals surface area contributed by atoms with Crippen LogP contribution in [0.4, 0.5) is 9.18 Å². The summed E-state index contributed by atoms with van der Waals surface area (Å²) in [6, 6.07) is 6.57. The Kier molecular flexibility index (Phi) is 6.63. The smallest absolute Gasteiger partial charge is 0.410 e. The molecular weight excluding hydrogens is 419 g/mol. The van der Waals surface area contributed by atoms with Crippen LogP contribution in [0.2, 0.25) is 0 Å². The maximum Gasteiger partial charge on any atom is 0.410 e. The third-order valence-corrected chi connectivity index (χ3v) is 4.94. The molecule has 1 aromatic heterocycles. The van der Waals surface area contributed by atoms with Crippen LogP contribution in [-0.4, -0.2) is 64.6 Å². The first-order valence-corrected chi connectivity index (χ1v) is 10.2. The Morgan fingerprint density at radius 2 is 1.91 bits per heavy atom. The molecule has 0 aliphatic carbocycles. The average Bonchev–Trinajstić information content (AvgIpc) is 3.10. The Balaban J connectivity index is 1.82. The van der Waals surface area contributed by atoms with Gasteiger partial charge in [-0.25, -0.2) is 13.9 Å². The lowest BCUT2D eigenvalue weighted by Crippen LogP contribution is -2.45. The van der Waals surface area contributed by atoms with Crippen LogP contribution in [0.3, 0.4) is 0 Å². The Bertz CT molecular complexity index is 1080. The molecule has 2 amide bonds. The summed E-state index contributed by atoms with van der Waals surface area (Å²) in [4.78, 5) is 39.2. The molecule has 2 aromatic rings. The van der Waals surface area contributed by atoms with Crippen molar-refractivity contribution in [1.82, 2.24) is 20.0 Å². The SMILES string of the molecule is CO[C@H]1CN(C(=O)OC(C)(C)C)C[C@@H]1NC(=O)c1nn(-c2ccccc2F)c(C)cc1=O. The molecule has 32 heavy (non-hydrogen) atoms. The number of aryl methyl sites for hydroxylation is 1. The van der Waals surface area contributed by atoms with Gasteiger partial charge in [0.1, 0.15) is 17.1 Å². The quantitative estimate of drug-likeness (QED) is 0.771. The van der Waals surface area contributed by atoms with Gasteiger partial charge in [0.25, 0.3) is 5.91 Å². The maximum atomic E-state index is 14.2. The molecule has 2 heterocycles. The van der Waals surface area contributed by atoms with Crippen molar-refractivity contribution in [2.75, 3.05) is 20.2 Å². The second kappa shape index (κ2) is 9.07. The van der Waals surface area contributed by atoms with Crippen molar-refractivity contribution in [3.05, 3.63) is 57.8 Å². The molecule has 1 N–H and O–H groups in total. The lowest BCUT2D eigenvalue weighted by molar-refractivity contribution is 0.0252. The zero-order valence-electron chi connectivity index (χ0n) is 18.7. The van der Waals surface area contributed by atoms with Crippen molar-refractivity contribution in [2.45, 2.75) is 45.4 Å². The van der Waals surface area contributed by atoms with E-state index in [1.165, 1.54) is 41.0 Å². The fourth-order valence-electron chi connectivity index (χ4n) is 3.44. The van der Waals surface area contributed by atoms with Gasteiger partial charge in [-0.2, -0.15) is 5.10 Å². The standard InChI is InChI=1S/C22H27FN4O5/c1-13-10-17(28)19(25-27(13)16-9-7-6-8-14(16)23)20(29)24-15-11-26(12-18(15)31-5)21(30)32-22(2,3)4/h6-10,15,18H,11-12H2,1-5H3,(H,24,29)/t15-,18-/m0/s1. The van der Waals surface area contributed by atoms with Crippen LogP contribution < -0.4 is 10.7 Å². The number of nitrogens with zero attached hydrogens (tertiary/aromatic N) is 3. The number of hydrogen-bond acceptors (Lipinski definition) is 6. The van der Waals surface area contributed by atoms with E-state index >= 15 is 0 Å². The van der Waals surface area contributed by atoms with E-state index in [2.05, 4.69) is 10.4 Å². The molecule has 1 aliphatic rings. The van der Waals surface area contributed by atoms with Gasteiger partial charge in [0.15, 0.2) is 5.69 Å². The zero-order valence-corrected chi connectivity index (χ0v) is 18.7. The van der Waals surface area contributed by atoms with Gasteiger partial charge in [-0.3, -0.25) is 9.59 Å². The number of ether oxygens (including phenoxy) is 2. The first-order valence-electron chi connectivity index (χ1n) is 10.2. The Hall–Kier alpha value is -3.27. The molecular formula is C22H27FN4O5. The second-order valence-corrected chi connectivity index (χ2v) is 8.60. The monoisotopic (exact) mass is 446 g/mol. The molecule has 0 spiro atoms. The fraction of sp³-hybridized carbons (Fsp3) is 0.455. The molecule has 1 fully saturated rings. The number of para-hydroxylation sites is 1. The number of benzene rings is 1. The third-order valence-electron chi connectivity index (χ3n) is 4.94. The van der Waals surface area contributed by atoms with Gasteiger partial charge in [0.2, 0.25) is 5.43 Å². The number of methoxy groups -OCH3 is 1. The van der Waals surface area contributed by atoms with Crippen molar-refractivity contribution in [2.24, 2.45) is 0 Å². The lowest BCUT2D eigenvalue weighted by atomic mass is 10.2. The van der Waals surface area contributed by atoms with E-state index in [4.69, 9.17) is 9.47 Å². The number of nitrogens with one attached hydrogen (secondary N) is 1. The van der Waals surface area contributed by atoms with Crippen LogP contribution in [-0.2, 0) is 9.47 Å². The Morgan fingerprint density at radius 3 is 2.53 bits per heavy atom. The van der Waals surface area contributed by atoms with Crippen molar-refractivity contribution in [1.29, 1.82) is 0 Å². The van der Waals surface area contributed by atoms with E-state index in [9.17, 15) is 18.8 Å². The lowest BCUT2D eigenvalue weighted by Gasteiger charge is -2.24. The highest BCUT2D eigenvalue weighted by molar-refractivity contribution is 5.92. The highest BCUT2D eigenvalue weighted by Crippen LogP contribution is 2.18. The maximum absolute atomic E-state index is 14.2. The van der Waals surface area contributed by atoms with Gasteiger partial charge < -0.3 is 19.7 Å². The summed E-state index contributed by atoms with van der Waals surface area (Å²) in [5.74, 6) is -1.28. The number of halogens is 1. The Labute approximate surface area is 185 Å². The molecule has 1 saturated heterocycles. The Morgan fingerprint density at radius 1 is 1.22 bits per heavy atom. The molecule has 172 valence electrons. The molecule has 0 radical (unpaired) electrons. The van der Waals surface area contributed by atoms with Gasteiger partial charge in [-0.15, -0.1) is 0 Å². The number of carbonyl (C=O) groups excluding carboxylic acids is 2. The minimum absolute atomic E-state index is 0.116. The third kappa shape index (κ3) is 5.13. The van der Waals surface area contributed by atoms with Gasteiger partial charge in [0, 0.05) is 25.4 Å². The summed E-state index contributed by atoms with van der Waals surface area (Å²) in [7, 11) is 1.47. The first kappa shape index (κ1) is 23.4. The van der Waals surface area contributed by atoms with E-state index in [-0.39, 0.29) is 24.5 Å². The largest absolute Gasteiger partial charge is 0.444 e. The van der Waals surface area contributed by atoms with Crippen LogP contribution >= 0.6 is 0 Å². The highest BCUT2D eigenvalue weighted by Gasteiger charge is 2.38. The number of carbonyl (C=O) groups is 2. The van der Waals surface area contributed by atoms with Crippen molar-refractivity contribution in [3.8, 4) is 5.69 Å². The second-order valence-electron chi connectivity index (χ2n) is 8.60. The zero-order chi connectivity index (χ0) is 23.6. The van der Waals surface area contributed by atoms with Crippen LogP contribution in [0.1, 0.15) is 37.0 Å². The average molecular weight is 446 g/mol. The first-order chi connectivity index (χ1) is 15.0. The van der Waals surface area contributed by atoms with Crippen LogP contribution in [0.5, 0.6) is 0 Å². The predicted molar refractivity (Wildman–Crippen MR) is 114 cm³/mol. The number of aromatic nitrogens is 2. The molecule has 9 nitrogen and oxygen atoms in total. The summed E-state index contributed by atoms with van der Waals surface area (Å²) in [5, 5.41) is 6.82. The van der Waals surface area contributed by atoms with Crippen LogP contribution in [0, 0.1) is 12.7 Å². The van der Waals surface area contributed by atoms with E-state index < -0.39 is 41.0 Å². The van der Waals surface area contributed by atoms with Crippen molar-refractivity contribution in [3.63, 3.8) is 0 Å². The minimum atomic E-state index is -0.738. The van der Waals surface area contributed by atoms with Crippen molar-refractivity contribution < 1.29 is 23.5 Å². The fourth-order valence-corrected chi connectivity index (χ4v) is 3.44. The minimum Gasteiger partial charge on any atom is -0.444 e. The predicted octanol–water partition coefficient (Wildman–Crippen LogP) is 2.04. The molecule has 0 unspecified atom stereocenters. The molecule has 0 bridgehead atoms. The number of hydrogen-bond donors (Lipinski definition) is 1. The number of amides is 2. The molecule has 0 saturated carbocycles.